The van der Waals surface area contributed by atoms with Crippen molar-refractivity contribution >= 4 is 0 Å². The van der Waals surface area contributed by atoms with Crippen LogP contribution >= 0.6 is 0 Å². The molecule has 0 radical (unpaired) electrons. The van der Waals surface area contributed by atoms with Gasteiger partial charge in [0.2, 0.25) is 0 Å². The second-order valence-corrected chi connectivity index (χ2v) is 4.04. The van der Waals surface area contributed by atoms with Crippen LogP contribution in [0.4, 0.5) is 0 Å². The van der Waals surface area contributed by atoms with Gasteiger partial charge in [-0.2, -0.15) is 0 Å². The van der Waals surface area contributed by atoms with E-state index >= 15 is 0 Å². The van der Waals surface area contributed by atoms with Crippen molar-refractivity contribution in [2.75, 3.05) is 0 Å². The van der Waals surface area contributed by atoms with E-state index in [0.29, 0.717) is 0 Å². The molecule has 0 saturated heterocycles. The van der Waals surface area contributed by atoms with Gasteiger partial charge >= 0.3 is 0 Å². The van der Waals surface area contributed by atoms with Crippen LogP contribution in [0.3, 0.4) is 0 Å². The third kappa shape index (κ3) is 0.362. The standard InChI is InChI=1S/C8H12O/c9-7-3-5-1-4-2-6(7)8(4)5/h4-9H,1-3H2. The predicted octanol–water partition coefficient (Wildman–Crippen LogP) is 1.02. The summed E-state index contributed by atoms with van der Waals surface area (Å²) in [5.74, 6) is 3.73. The highest BCUT2D eigenvalue weighted by Crippen LogP contribution is 2.65. The highest BCUT2D eigenvalue weighted by atomic mass is 16.3. The molecule has 9 heavy (non-hydrogen) atoms. The van der Waals surface area contributed by atoms with E-state index in [1.165, 1.54) is 12.8 Å². The first-order valence-corrected chi connectivity index (χ1v) is 4.04. The zero-order valence-corrected chi connectivity index (χ0v) is 5.46. The van der Waals surface area contributed by atoms with Crippen molar-refractivity contribution < 1.29 is 5.11 Å². The summed E-state index contributed by atoms with van der Waals surface area (Å²) in [5.41, 5.74) is 0. The Morgan fingerprint density at radius 1 is 1.00 bits per heavy atom. The first-order chi connectivity index (χ1) is 4.36. The zero-order valence-electron chi connectivity index (χ0n) is 5.46. The van der Waals surface area contributed by atoms with E-state index < -0.39 is 0 Å². The number of aliphatic hydroxyl groups excluding tert-OH is 1. The van der Waals surface area contributed by atoms with Crippen molar-refractivity contribution in [2.24, 2.45) is 23.7 Å². The molecule has 0 amide bonds. The fraction of sp³-hybridized carbons (Fsp3) is 1.00. The van der Waals surface area contributed by atoms with Gasteiger partial charge in [0.25, 0.3) is 0 Å². The maximum absolute atomic E-state index is 9.42. The molecule has 0 heterocycles. The molecule has 0 aromatic carbocycles. The molecule has 0 aliphatic heterocycles. The maximum Gasteiger partial charge on any atom is 0.0574 e. The summed E-state index contributed by atoms with van der Waals surface area (Å²) in [4.78, 5) is 0. The lowest BCUT2D eigenvalue weighted by molar-refractivity contribution is -0.0620. The van der Waals surface area contributed by atoms with Gasteiger partial charge < -0.3 is 5.11 Å². The maximum atomic E-state index is 9.42. The van der Waals surface area contributed by atoms with Crippen molar-refractivity contribution in [1.29, 1.82) is 0 Å². The minimum absolute atomic E-state index is 0.0961. The van der Waals surface area contributed by atoms with Gasteiger partial charge in [-0.15, -0.1) is 0 Å². The van der Waals surface area contributed by atoms with Crippen LogP contribution in [0.25, 0.3) is 0 Å². The van der Waals surface area contributed by atoms with Gasteiger partial charge in [-0.1, -0.05) is 0 Å². The molecule has 1 N–H and O–H groups in total. The summed E-state index contributed by atoms with van der Waals surface area (Å²) in [6.45, 7) is 0. The first kappa shape index (κ1) is 4.73. The summed E-state index contributed by atoms with van der Waals surface area (Å²) in [7, 11) is 0. The molecule has 0 aromatic rings. The molecule has 3 fully saturated rings. The van der Waals surface area contributed by atoms with Crippen molar-refractivity contribution in [2.45, 2.75) is 25.4 Å². The molecular weight excluding hydrogens is 112 g/mol. The molecule has 0 spiro atoms. The normalized spacial score (nSPS) is 68.3. The number of aliphatic hydroxyl groups is 1. The molecule has 0 aromatic heterocycles. The average Bonchev–Trinajstić information content (AvgIpc) is 2.01. The van der Waals surface area contributed by atoms with E-state index in [2.05, 4.69) is 0 Å². The van der Waals surface area contributed by atoms with Crippen LogP contribution < -0.4 is 0 Å². The van der Waals surface area contributed by atoms with E-state index in [1.54, 1.807) is 0 Å². The summed E-state index contributed by atoms with van der Waals surface area (Å²) in [6, 6.07) is 0. The SMILES string of the molecule is OC1CC2CC3CC1C23. The largest absolute Gasteiger partial charge is 0.393 e. The lowest BCUT2D eigenvalue weighted by Gasteiger charge is -2.53. The van der Waals surface area contributed by atoms with E-state index in [-0.39, 0.29) is 6.10 Å². The van der Waals surface area contributed by atoms with Crippen LogP contribution in [-0.2, 0) is 0 Å². The van der Waals surface area contributed by atoms with Crippen LogP contribution in [0, 0.1) is 23.7 Å². The molecule has 5 atom stereocenters. The quantitative estimate of drug-likeness (QED) is 0.511. The molecule has 3 saturated carbocycles. The molecule has 3 aliphatic carbocycles. The molecule has 5 unspecified atom stereocenters. The Morgan fingerprint density at radius 2 is 1.78 bits per heavy atom. The number of hydrogen-bond donors (Lipinski definition) is 1. The van der Waals surface area contributed by atoms with Crippen LogP contribution in [0.5, 0.6) is 0 Å². The Kier molecular flexibility index (Phi) is 0.628. The molecule has 1 nitrogen and oxygen atoms in total. The molecule has 3 rings (SSSR count). The van der Waals surface area contributed by atoms with E-state index in [0.717, 1.165) is 30.1 Å². The van der Waals surface area contributed by atoms with E-state index in [1.807, 2.05) is 0 Å². The summed E-state index contributed by atoms with van der Waals surface area (Å²) in [5, 5.41) is 9.42. The molecule has 50 valence electrons. The fourth-order valence-electron chi connectivity index (χ4n) is 3.31. The minimum Gasteiger partial charge on any atom is -0.393 e. The van der Waals surface area contributed by atoms with Crippen LogP contribution in [0.1, 0.15) is 19.3 Å². The van der Waals surface area contributed by atoms with Crippen molar-refractivity contribution in [3.63, 3.8) is 0 Å². The third-order valence-electron chi connectivity index (χ3n) is 3.80. The predicted molar refractivity (Wildman–Crippen MR) is 33.8 cm³/mol. The Labute approximate surface area is 55.1 Å². The Bertz CT molecular complexity index is 151. The van der Waals surface area contributed by atoms with Gasteiger partial charge in [-0.3, -0.25) is 0 Å². The van der Waals surface area contributed by atoms with Gasteiger partial charge in [0, 0.05) is 0 Å². The highest BCUT2D eigenvalue weighted by molar-refractivity contribution is 5.10. The second-order valence-electron chi connectivity index (χ2n) is 4.04. The lowest BCUT2D eigenvalue weighted by atomic mass is 9.52. The van der Waals surface area contributed by atoms with Gasteiger partial charge in [-0.25, -0.2) is 0 Å². The highest BCUT2D eigenvalue weighted by Gasteiger charge is 2.60. The topological polar surface area (TPSA) is 20.2 Å². The molecule has 0 bridgehead atoms. The molecular formula is C8H12O. The van der Waals surface area contributed by atoms with Gasteiger partial charge in [0.05, 0.1) is 6.10 Å². The summed E-state index contributed by atoms with van der Waals surface area (Å²) < 4.78 is 0. The Hall–Kier alpha value is -0.0400. The van der Waals surface area contributed by atoms with Crippen LogP contribution in [0.15, 0.2) is 0 Å². The Balaban J connectivity index is 1.93. The number of hydrogen-bond acceptors (Lipinski definition) is 1. The second kappa shape index (κ2) is 1.20. The molecule has 3 aliphatic rings. The zero-order chi connectivity index (χ0) is 6.01. The van der Waals surface area contributed by atoms with E-state index in [4.69, 9.17) is 0 Å². The fourth-order valence-corrected chi connectivity index (χ4v) is 3.31. The van der Waals surface area contributed by atoms with Gasteiger partial charge in [0.1, 0.15) is 0 Å². The third-order valence-corrected chi connectivity index (χ3v) is 3.80. The number of rotatable bonds is 0. The van der Waals surface area contributed by atoms with Crippen molar-refractivity contribution in [3.05, 3.63) is 0 Å². The molecule has 1 heteroatoms. The van der Waals surface area contributed by atoms with Gasteiger partial charge in [-0.05, 0) is 42.9 Å². The van der Waals surface area contributed by atoms with Crippen molar-refractivity contribution in [1.82, 2.24) is 0 Å². The van der Waals surface area contributed by atoms with Crippen molar-refractivity contribution in [3.8, 4) is 0 Å². The monoisotopic (exact) mass is 124 g/mol. The van der Waals surface area contributed by atoms with Crippen LogP contribution in [-0.4, -0.2) is 11.2 Å². The van der Waals surface area contributed by atoms with Gasteiger partial charge in [0.15, 0.2) is 0 Å². The van der Waals surface area contributed by atoms with E-state index in [9.17, 15) is 5.11 Å². The lowest BCUT2D eigenvalue weighted by Crippen LogP contribution is -2.47. The van der Waals surface area contributed by atoms with Crippen LogP contribution in [0.2, 0.25) is 0 Å². The average molecular weight is 124 g/mol. The first-order valence-electron chi connectivity index (χ1n) is 4.04. The summed E-state index contributed by atoms with van der Waals surface area (Å²) in [6.07, 6.45) is 4.02. The smallest absolute Gasteiger partial charge is 0.0574 e. The Morgan fingerprint density at radius 3 is 2.33 bits per heavy atom. The minimum atomic E-state index is 0.0961. The summed E-state index contributed by atoms with van der Waals surface area (Å²) >= 11 is 0.